The highest BCUT2D eigenvalue weighted by Crippen LogP contribution is 2.38. The van der Waals surface area contributed by atoms with Crippen molar-refractivity contribution in [1.29, 1.82) is 0 Å². The fourth-order valence-electron chi connectivity index (χ4n) is 2.49. The third-order valence-corrected chi connectivity index (χ3v) is 3.64. The minimum atomic E-state index is -0.471. The van der Waals surface area contributed by atoms with Crippen molar-refractivity contribution in [2.75, 3.05) is 12.3 Å². The number of ether oxygens (including phenoxy) is 1. The van der Waals surface area contributed by atoms with E-state index in [0.29, 0.717) is 19.1 Å². The first-order chi connectivity index (χ1) is 9.35. The molecule has 3 rings (SSSR count). The van der Waals surface area contributed by atoms with E-state index in [0.717, 1.165) is 36.3 Å². The van der Waals surface area contributed by atoms with E-state index in [9.17, 15) is 4.79 Å². The van der Waals surface area contributed by atoms with Crippen LogP contribution in [-0.2, 0) is 17.7 Å². The molecule has 0 bridgehead atoms. The van der Waals surface area contributed by atoms with Crippen LogP contribution in [0.1, 0.15) is 50.9 Å². The zero-order chi connectivity index (χ0) is 14.5. The van der Waals surface area contributed by atoms with Gasteiger partial charge in [-0.25, -0.2) is 9.48 Å². The Hall–Kier alpha value is -1.72. The lowest BCUT2D eigenvalue weighted by molar-refractivity contribution is 0.0224. The van der Waals surface area contributed by atoms with Crippen LogP contribution in [0, 0.1) is 0 Å². The third kappa shape index (κ3) is 2.46. The van der Waals surface area contributed by atoms with Gasteiger partial charge in [0.05, 0.1) is 18.3 Å². The summed E-state index contributed by atoms with van der Waals surface area (Å²) in [5, 5.41) is 4.59. The van der Waals surface area contributed by atoms with Crippen molar-refractivity contribution in [2.24, 2.45) is 0 Å². The molecule has 0 aromatic carbocycles. The molecule has 0 saturated heterocycles. The Kier molecular flexibility index (Phi) is 2.92. The molecule has 0 unspecified atom stereocenters. The minimum Gasteiger partial charge on any atom is -0.444 e. The number of anilines is 1. The third-order valence-electron chi connectivity index (χ3n) is 3.64. The van der Waals surface area contributed by atoms with Gasteiger partial charge >= 0.3 is 6.09 Å². The number of hydrogen-bond acceptors (Lipinski definition) is 4. The van der Waals surface area contributed by atoms with Crippen molar-refractivity contribution in [3.05, 3.63) is 11.3 Å². The lowest BCUT2D eigenvalue weighted by Crippen LogP contribution is -2.39. The molecule has 1 aromatic rings. The summed E-state index contributed by atoms with van der Waals surface area (Å²) in [6, 6.07) is 0.468. The number of carbonyl (C=O) groups is 1. The fourth-order valence-corrected chi connectivity index (χ4v) is 2.49. The van der Waals surface area contributed by atoms with Gasteiger partial charge in [0.25, 0.3) is 0 Å². The number of nitrogens with two attached hydrogens (primary N) is 1. The lowest BCUT2D eigenvalue weighted by atomic mass is 10.1. The molecule has 6 heteroatoms. The van der Waals surface area contributed by atoms with Crippen LogP contribution >= 0.6 is 0 Å². The molecule has 2 aliphatic rings. The zero-order valence-electron chi connectivity index (χ0n) is 12.3. The summed E-state index contributed by atoms with van der Waals surface area (Å²) in [7, 11) is 0. The number of fused-ring (bicyclic) bond motifs is 1. The Morgan fingerprint density at radius 3 is 2.70 bits per heavy atom. The Labute approximate surface area is 118 Å². The van der Waals surface area contributed by atoms with Crippen LogP contribution in [0.25, 0.3) is 0 Å². The van der Waals surface area contributed by atoms with Gasteiger partial charge in [0.2, 0.25) is 0 Å². The second-order valence-corrected chi connectivity index (χ2v) is 6.64. The van der Waals surface area contributed by atoms with Crippen LogP contribution in [0.3, 0.4) is 0 Å². The standard InChI is InChI=1S/C14H22N4O2/c1-14(2,3)20-13(19)17-7-6-11-10(8-17)12(15)18(16-11)9-4-5-9/h9H,4-8,15H2,1-3H3. The first-order valence-corrected chi connectivity index (χ1v) is 7.19. The van der Waals surface area contributed by atoms with Gasteiger partial charge in [-0.3, -0.25) is 0 Å². The molecule has 1 amide bonds. The van der Waals surface area contributed by atoms with E-state index in [1.54, 1.807) is 4.90 Å². The number of rotatable bonds is 1. The van der Waals surface area contributed by atoms with Gasteiger partial charge in [-0.2, -0.15) is 5.10 Å². The zero-order valence-corrected chi connectivity index (χ0v) is 12.3. The first kappa shape index (κ1) is 13.3. The van der Waals surface area contributed by atoms with Gasteiger partial charge in [-0.15, -0.1) is 0 Å². The molecule has 6 nitrogen and oxygen atoms in total. The Bertz CT molecular complexity index is 540. The smallest absolute Gasteiger partial charge is 0.410 e. The van der Waals surface area contributed by atoms with E-state index < -0.39 is 5.60 Å². The van der Waals surface area contributed by atoms with Gasteiger partial charge in [-0.1, -0.05) is 0 Å². The van der Waals surface area contributed by atoms with Gasteiger partial charge < -0.3 is 15.4 Å². The monoisotopic (exact) mass is 278 g/mol. The van der Waals surface area contributed by atoms with Crippen molar-refractivity contribution >= 4 is 11.9 Å². The summed E-state index contributed by atoms with van der Waals surface area (Å²) < 4.78 is 7.35. The maximum absolute atomic E-state index is 12.1. The topological polar surface area (TPSA) is 73.4 Å². The van der Waals surface area contributed by atoms with Gasteiger partial charge in [0.15, 0.2) is 0 Å². The van der Waals surface area contributed by atoms with Crippen molar-refractivity contribution in [3.63, 3.8) is 0 Å². The summed E-state index contributed by atoms with van der Waals surface area (Å²) in [6.45, 7) is 6.77. The molecule has 0 atom stereocenters. The molecule has 2 N–H and O–H groups in total. The quantitative estimate of drug-likeness (QED) is 0.853. The predicted molar refractivity (Wildman–Crippen MR) is 75.3 cm³/mol. The van der Waals surface area contributed by atoms with Crippen molar-refractivity contribution in [3.8, 4) is 0 Å². The Morgan fingerprint density at radius 2 is 2.10 bits per heavy atom. The number of aromatic nitrogens is 2. The molecule has 1 aromatic heterocycles. The molecule has 1 aliphatic heterocycles. The van der Waals surface area contributed by atoms with Crippen molar-refractivity contribution in [2.45, 2.75) is 58.2 Å². The van der Waals surface area contributed by atoms with E-state index in [4.69, 9.17) is 10.5 Å². The highest BCUT2D eigenvalue weighted by molar-refractivity contribution is 5.69. The summed E-state index contributed by atoms with van der Waals surface area (Å²) in [4.78, 5) is 13.8. The predicted octanol–water partition coefficient (Wildman–Crippen LogP) is 2.09. The minimum absolute atomic E-state index is 0.276. The molecule has 2 heterocycles. The number of hydrogen-bond donors (Lipinski definition) is 1. The number of carbonyl (C=O) groups excluding carboxylic acids is 1. The number of nitrogens with zero attached hydrogens (tertiary/aromatic N) is 3. The number of nitrogen functional groups attached to an aromatic ring is 1. The molecule has 0 radical (unpaired) electrons. The van der Waals surface area contributed by atoms with Crippen molar-refractivity contribution in [1.82, 2.24) is 14.7 Å². The van der Waals surface area contributed by atoms with Crippen molar-refractivity contribution < 1.29 is 9.53 Å². The molecular weight excluding hydrogens is 256 g/mol. The Balaban J connectivity index is 1.76. The lowest BCUT2D eigenvalue weighted by Gasteiger charge is -2.29. The van der Waals surface area contributed by atoms with Crippen LogP contribution < -0.4 is 5.73 Å². The summed E-state index contributed by atoms with van der Waals surface area (Å²) in [6.07, 6.45) is 2.78. The van der Waals surface area contributed by atoms with Gasteiger partial charge in [0, 0.05) is 18.5 Å². The van der Waals surface area contributed by atoms with Crippen LogP contribution in [0.15, 0.2) is 0 Å². The fraction of sp³-hybridized carbons (Fsp3) is 0.714. The van der Waals surface area contributed by atoms with E-state index in [1.165, 1.54) is 0 Å². The molecule has 20 heavy (non-hydrogen) atoms. The van der Waals surface area contributed by atoms with E-state index in [2.05, 4.69) is 5.10 Å². The normalized spacial score (nSPS) is 18.9. The van der Waals surface area contributed by atoms with Crippen LogP contribution in [0.5, 0.6) is 0 Å². The molecule has 1 aliphatic carbocycles. The highest BCUT2D eigenvalue weighted by Gasteiger charge is 2.33. The maximum Gasteiger partial charge on any atom is 0.410 e. The summed E-state index contributed by atoms with van der Waals surface area (Å²) >= 11 is 0. The maximum atomic E-state index is 12.1. The van der Waals surface area contributed by atoms with Crippen LogP contribution in [-0.4, -0.2) is 32.9 Å². The second-order valence-electron chi connectivity index (χ2n) is 6.64. The molecule has 1 saturated carbocycles. The largest absolute Gasteiger partial charge is 0.444 e. The van der Waals surface area contributed by atoms with E-state index in [-0.39, 0.29) is 6.09 Å². The Morgan fingerprint density at radius 1 is 1.40 bits per heavy atom. The second kappa shape index (κ2) is 4.40. The average molecular weight is 278 g/mol. The average Bonchev–Trinajstić information content (AvgIpc) is 3.13. The SMILES string of the molecule is CC(C)(C)OC(=O)N1CCc2nn(C3CC3)c(N)c2C1. The van der Waals surface area contributed by atoms with Crippen LogP contribution in [0.4, 0.5) is 10.6 Å². The van der Waals surface area contributed by atoms with E-state index in [1.807, 2.05) is 25.5 Å². The molecule has 1 fully saturated rings. The summed E-state index contributed by atoms with van der Waals surface area (Å²) in [5.74, 6) is 0.718. The molecule has 110 valence electrons. The summed E-state index contributed by atoms with van der Waals surface area (Å²) in [5.41, 5.74) is 7.74. The van der Waals surface area contributed by atoms with Gasteiger partial charge in [-0.05, 0) is 33.6 Å². The number of amides is 1. The molecule has 0 spiro atoms. The van der Waals surface area contributed by atoms with Gasteiger partial charge in [0.1, 0.15) is 11.4 Å². The van der Waals surface area contributed by atoms with Crippen LogP contribution in [0.2, 0.25) is 0 Å². The van der Waals surface area contributed by atoms with E-state index >= 15 is 0 Å². The first-order valence-electron chi connectivity index (χ1n) is 7.19. The highest BCUT2D eigenvalue weighted by atomic mass is 16.6. The molecular formula is C14H22N4O2.